The maximum atomic E-state index is 13.5. The second-order valence-corrected chi connectivity index (χ2v) is 23.7. The number of rotatable bonds is 42. The lowest BCUT2D eigenvalue weighted by Crippen LogP contribution is -2.69. The molecule has 5 aliphatic heterocycles. The molecule has 0 saturated carbocycles. The molecule has 48 nitrogen and oxygen atoms in total. The lowest BCUT2D eigenvalue weighted by atomic mass is 9.91. The molecule has 546 valence electrons. The summed E-state index contributed by atoms with van der Waals surface area (Å²) in [4.78, 5) is 26.8. The van der Waals surface area contributed by atoms with Crippen molar-refractivity contribution >= 4 is 92.4 Å². The Bertz CT molecular complexity index is 2550. The molecule has 5 fully saturated rings. The normalized spacial score (nSPS) is 37.2. The van der Waals surface area contributed by atoms with Crippen molar-refractivity contribution in [2.45, 2.75) is 154 Å². The SMILES string of the molecule is COC1C(OC)[C@H](O[C@H]2O[C@@H](COS(=O)(=O)O)[C@@H](O[C@@H]3OC(C(=O)O)[C@@H](O[C@@H]4OC(COS(=O)(=O)O)C(OC)[C@H](OC)C4C)[C@H](OC)C3OC)C(OSOOO)C2OSOOO)[C@H](C(=O)O)O[C@@H]1O[C@@H]1C(COS(=O)(=O)O)O[C@H](OC)C(OSOOO)[C@H]1OSOOO. The Hall–Kier alpha value is -1.33. The number of carboxylic acids is 2. The molecule has 5 saturated heterocycles. The molecule has 55 heteroatoms. The van der Waals surface area contributed by atoms with Gasteiger partial charge in [-0.05, 0) is 0 Å². The first kappa shape index (κ1) is 82.3. The second-order valence-electron chi connectivity index (χ2n) is 18.6. The van der Waals surface area contributed by atoms with Crippen LogP contribution in [0.1, 0.15) is 6.92 Å². The van der Waals surface area contributed by atoms with Crippen molar-refractivity contribution in [3.8, 4) is 0 Å². The summed E-state index contributed by atoms with van der Waals surface area (Å²) < 4.78 is 248. The third kappa shape index (κ3) is 23.4. The maximum absolute atomic E-state index is 13.5. The van der Waals surface area contributed by atoms with Crippen LogP contribution in [-0.4, -0.2) is 299 Å². The smallest absolute Gasteiger partial charge is 0.397 e. The monoisotopic (exact) mass is 1510 g/mol. The highest BCUT2D eigenvalue weighted by Gasteiger charge is 2.61. The van der Waals surface area contributed by atoms with E-state index in [4.69, 9.17) is 118 Å². The van der Waals surface area contributed by atoms with Crippen LogP contribution in [0.5, 0.6) is 0 Å². The van der Waals surface area contributed by atoms with E-state index in [1.165, 1.54) is 21.1 Å². The number of ether oxygens (including phenoxy) is 16. The van der Waals surface area contributed by atoms with Gasteiger partial charge in [-0.3, -0.25) is 30.4 Å². The second kappa shape index (κ2) is 39.6. The molecule has 0 aromatic carbocycles. The van der Waals surface area contributed by atoms with Gasteiger partial charge in [0.1, 0.15) is 85.5 Å². The zero-order chi connectivity index (χ0) is 69.0. The van der Waals surface area contributed by atoms with Crippen molar-refractivity contribution in [2.75, 3.05) is 69.6 Å². The molecular weight excluding hydrogens is 1450 g/mol. The molecule has 5 heterocycles. The van der Waals surface area contributed by atoms with Gasteiger partial charge in [0, 0.05) is 55.7 Å². The van der Waals surface area contributed by atoms with E-state index < -0.39 is 216 Å². The standard InChI is InChI=1S/C38H64O48S7/c1-12-16(56-2)17(57-3)13(9-63-91(47,48)49)66-34(12)71-22-20(58-4)28(60-6)36(73-26(22)32(39)40)70-19-15(11-65-93(53,54)55)68-38(31(78-90-86-82-46)25(19)76-88-84-80-44)72-23-21(59-5)29(61-7)37(74-27(23)33(41)42)69-18-14(10-64-92(50,51)52)67-35(62-8)30(77-89-85-81-45)24(18)75-87-83-79-43/h12-31,34-38,43-46H,9-11H2,1-8H3,(H,39,40)(H,41,42)(H,47,48,49)(H,50,51,52)(H,53,54,55)/t12?,13?,14?,15-,16+,17?,18+,19+,20-,21?,22-,23-,24-,25?,26?,27+,28?,29?,30?,31?,34-,35-,36+,37-,38+/m0/s1. The zero-order valence-electron chi connectivity index (χ0n) is 48.4. The van der Waals surface area contributed by atoms with Gasteiger partial charge in [-0.2, -0.15) is 25.3 Å². The van der Waals surface area contributed by atoms with Gasteiger partial charge in [-0.25, -0.2) is 43.2 Å². The molecule has 93 heavy (non-hydrogen) atoms. The van der Waals surface area contributed by atoms with E-state index >= 15 is 0 Å². The predicted octanol–water partition coefficient (Wildman–Crippen LogP) is -2.37. The molecule has 5 rings (SSSR count). The van der Waals surface area contributed by atoms with Crippen LogP contribution in [-0.2, 0) is 183 Å². The van der Waals surface area contributed by atoms with Gasteiger partial charge in [0.05, 0.1) is 25.9 Å². The van der Waals surface area contributed by atoms with Crippen LogP contribution >= 0.6 is 49.3 Å². The summed E-state index contributed by atoms with van der Waals surface area (Å²) in [6, 6.07) is 0. The Morgan fingerprint density at radius 1 is 0.355 bits per heavy atom. The summed E-state index contributed by atoms with van der Waals surface area (Å²) in [5.74, 6) is -4.68. The summed E-state index contributed by atoms with van der Waals surface area (Å²) in [7, 11) is -8.37. The molecule has 0 spiro atoms. The molecule has 25 atom stereocenters. The van der Waals surface area contributed by atoms with Gasteiger partial charge in [0.15, 0.2) is 105 Å². The number of hydrogen-bond donors (Lipinski definition) is 9. The molecule has 0 radical (unpaired) electrons. The summed E-state index contributed by atoms with van der Waals surface area (Å²) in [6.45, 7) is -1.96. The number of carbonyl (C=O) groups is 2. The number of carboxylic acid groups (broad SMARTS) is 2. The van der Waals surface area contributed by atoms with Crippen molar-refractivity contribution in [2.24, 2.45) is 5.92 Å². The lowest BCUT2D eigenvalue weighted by Gasteiger charge is -2.51. The summed E-state index contributed by atoms with van der Waals surface area (Å²) in [5, 5.41) is 72.0. The molecular formula is C38H64O48S7. The molecule has 9 N–H and O–H groups in total. The van der Waals surface area contributed by atoms with E-state index in [2.05, 4.69) is 45.9 Å². The van der Waals surface area contributed by atoms with Crippen molar-refractivity contribution in [3.63, 3.8) is 0 Å². The van der Waals surface area contributed by atoms with E-state index in [1.807, 2.05) is 0 Å². The third-order valence-corrected chi connectivity index (χ3v) is 16.6. The number of aliphatic carboxylic acids is 2. The van der Waals surface area contributed by atoms with Gasteiger partial charge in [0.25, 0.3) is 0 Å². The van der Waals surface area contributed by atoms with Gasteiger partial charge in [-0.15, -0.1) is 17.3 Å². The Balaban J connectivity index is 1.58. The fourth-order valence-corrected chi connectivity index (χ4v) is 12.3. The van der Waals surface area contributed by atoms with Crippen LogP contribution in [0.4, 0.5) is 0 Å². The van der Waals surface area contributed by atoms with Crippen molar-refractivity contribution in [1.82, 2.24) is 0 Å². The molecule has 0 aliphatic carbocycles. The van der Waals surface area contributed by atoms with Crippen LogP contribution < -0.4 is 0 Å². The predicted molar refractivity (Wildman–Crippen MR) is 281 cm³/mol. The number of methoxy groups -OCH3 is 7. The number of hydrogen-bond acceptors (Lipinski definition) is 47. The summed E-state index contributed by atoms with van der Waals surface area (Å²) >= 11 is -0.796. The van der Waals surface area contributed by atoms with Gasteiger partial charge in [0.2, 0.25) is 0 Å². The van der Waals surface area contributed by atoms with Crippen LogP contribution in [0.15, 0.2) is 0 Å². The average Bonchev–Trinajstić information content (AvgIpc) is 0.772. The van der Waals surface area contributed by atoms with Crippen LogP contribution in [0.25, 0.3) is 0 Å². The van der Waals surface area contributed by atoms with Crippen molar-refractivity contribution in [3.05, 3.63) is 0 Å². The minimum absolute atomic E-state index is 0.0976. The molecule has 11 unspecified atom stereocenters. The topological polar surface area (TPSA) is 605 Å². The van der Waals surface area contributed by atoms with Crippen LogP contribution in [0.2, 0.25) is 0 Å². The van der Waals surface area contributed by atoms with E-state index in [1.54, 1.807) is 0 Å². The largest absolute Gasteiger partial charge is 0.479 e. The highest BCUT2D eigenvalue weighted by molar-refractivity contribution is 7.90. The first-order valence-corrected chi connectivity index (χ1v) is 32.0. The first-order valence-electron chi connectivity index (χ1n) is 25.2. The molecule has 5 aliphatic rings. The minimum Gasteiger partial charge on any atom is -0.479 e. The highest BCUT2D eigenvalue weighted by atomic mass is 32.3. The zero-order valence-corrected chi connectivity index (χ0v) is 54.1. The van der Waals surface area contributed by atoms with E-state index in [0.29, 0.717) is 0 Å². The van der Waals surface area contributed by atoms with E-state index in [-0.39, 0.29) is 49.3 Å². The highest BCUT2D eigenvalue weighted by Crippen LogP contribution is 2.43. The van der Waals surface area contributed by atoms with E-state index in [0.717, 1.165) is 35.5 Å². The van der Waals surface area contributed by atoms with Gasteiger partial charge >= 0.3 is 43.1 Å². The third-order valence-electron chi connectivity index (χ3n) is 13.6. The Morgan fingerprint density at radius 3 is 0.968 bits per heavy atom. The Kier molecular flexibility index (Phi) is 35.1. The van der Waals surface area contributed by atoms with E-state index in [9.17, 15) is 58.7 Å². The summed E-state index contributed by atoms with van der Waals surface area (Å²) in [5.41, 5.74) is 0. The van der Waals surface area contributed by atoms with Crippen LogP contribution in [0, 0.1) is 5.92 Å². The van der Waals surface area contributed by atoms with Crippen LogP contribution in [0.3, 0.4) is 0 Å². The molecule has 0 aromatic rings. The average molecular weight is 1510 g/mol. The van der Waals surface area contributed by atoms with Gasteiger partial charge in [-0.1, -0.05) is 27.1 Å². The minimum atomic E-state index is -5.52. The Morgan fingerprint density at radius 2 is 0.645 bits per heavy atom. The fourth-order valence-electron chi connectivity index (χ4n) is 9.98. The Labute approximate surface area is 542 Å². The lowest BCUT2D eigenvalue weighted by molar-refractivity contribution is -0.437. The summed E-state index contributed by atoms with van der Waals surface area (Å²) in [6.07, 6.45) is -45.3. The molecule has 0 bridgehead atoms. The fraction of sp³-hybridized carbons (Fsp3) is 0.947. The van der Waals surface area contributed by atoms with Crippen molar-refractivity contribution in [1.29, 1.82) is 0 Å². The molecule has 0 aromatic heterocycles. The quantitative estimate of drug-likeness (QED) is 0.0101. The first-order chi connectivity index (χ1) is 44.1. The molecule has 0 amide bonds. The maximum Gasteiger partial charge on any atom is 0.397 e. The van der Waals surface area contributed by atoms with Crippen molar-refractivity contribution < 1.29 is 222 Å². The van der Waals surface area contributed by atoms with Gasteiger partial charge < -0.3 is 86.0 Å².